The Bertz CT molecular complexity index is 333. The van der Waals surface area contributed by atoms with Gasteiger partial charge < -0.3 is 4.74 Å². The molecule has 0 N–H and O–H groups in total. The minimum absolute atomic E-state index is 0.0530. The zero-order valence-electron chi connectivity index (χ0n) is 6.83. The highest BCUT2D eigenvalue weighted by Gasteiger charge is 2.13. The van der Waals surface area contributed by atoms with Gasteiger partial charge in [0.1, 0.15) is 0 Å². The Kier molecular flexibility index (Phi) is 1.66. The van der Waals surface area contributed by atoms with Crippen molar-refractivity contribution in [1.82, 2.24) is 4.98 Å². The number of pyridine rings is 1. The standard InChI is InChI=1S/C9H9NO2/c1-6(11)7-2-8-4-12-5-9(8)10-3-7/h2-3H,4-5H2,1H3. The van der Waals surface area contributed by atoms with E-state index in [1.54, 1.807) is 13.1 Å². The van der Waals surface area contributed by atoms with E-state index in [0.717, 1.165) is 11.3 Å². The van der Waals surface area contributed by atoms with Gasteiger partial charge in [-0.3, -0.25) is 9.78 Å². The molecule has 0 saturated carbocycles. The molecule has 2 heterocycles. The van der Waals surface area contributed by atoms with Crippen LogP contribution < -0.4 is 0 Å². The topological polar surface area (TPSA) is 39.2 Å². The molecule has 0 atom stereocenters. The lowest BCUT2D eigenvalue weighted by atomic mass is 10.1. The maximum absolute atomic E-state index is 11.0. The molecule has 0 spiro atoms. The van der Waals surface area contributed by atoms with Crippen LogP contribution in [0.2, 0.25) is 0 Å². The Hall–Kier alpha value is -1.22. The van der Waals surface area contributed by atoms with Gasteiger partial charge in [-0.15, -0.1) is 0 Å². The molecule has 1 aromatic rings. The van der Waals surface area contributed by atoms with Crippen molar-refractivity contribution in [2.45, 2.75) is 20.1 Å². The van der Waals surface area contributed by atoms with Crippen molar-refractivity contribution in [3.05, 3.63) is 29.1 Å². The zero-order chi connectivity index (χ0) is 8.55. The Labute approximate surface area is 70.4 Å². The molecule has 0 fully saturated rings. The highest BCUT2D eigenvalue weighted by molar-refractivity contribution is 5.93. The van der Waals surface area contributed by atoms with Gasteiger partial charge in [0.15, 0.2) is 5.78 Å². The highest BCUT2D eigenvalue weighted by Crippen LogP contribution is 2.18. The van der Waals surface area contributed by atoms with Crippen LogP contribution in [0.4, 0.5) is 0 Å². The fourth-order valence-corrected chi connectivity index (χ4v) is 1.24. The maximum atomic E-state index is 11.0. The first-order valence-electron chi connectivity index (χ1n) is 3.84. The molecule has 0 aliphatic carbocycles. The van der Waals surface area contributed by atoms with Gasteiger partial charge in [-0.1, -0.05) is 0 Å². The lowest BCUT2D eigenvalue weighted by Crippen LogP contribution is -1.96. The summed E-state index contributed by atoms with van der Waals surface area (Å²) >= 11 is 0. The second-order valence-corrected chi connectivity index (χ2v) is 2.88. The van der Waals surface area contributed by atoms with E-state index in [2.05, 4.69) is 4.98 Å². The van der Waals surface area contributed by atoms with E-state index in [-0.39, 0.29) is 5.78 Å². The van der Waals surface area contributed by atoms with Crippen LogP contribution in [0.1, 0.15) is 28.5 Å². The van der Waals surface area contributed by atoms with Crippen LogP contribution in [0.3, 0.4) is 0 Å². The van der Waals surface area contributed by atoms with Gasteiger partial charge in [0.25, 0.3) is 0 Å². The second-order valence-electron chi connectivity index (χ2n) is 2.88. The Morgan fingerprint density at radius 2 is 2.42 bits per heavy atom. The predicted molar refractivity (Wildman–Crippen MR) is 42.7 cm³/mol. The number of carbonyl (C=O) groups is 1. The summed E-state index contributed by atoms with van der Waals surface area (Å²) in [5, 5.41) is 0. The molecule has 2 rings (SSSR count). The second kappa shape index (κ2) is 2.68. The van der Waals surface area contributed by atoms with Crippen LogP contribution in [0.25, 0.3) is 0 Å². The first-order chi connectivity index (χ1) is 5.77. The van der Waals surface area contributed by atoms with Crippen molar-refractivity contribution in [2.24, 2.45) is 0 Å². The summed E-state index contributed by atoms with van der Waals surface area (Å²) in [6.07, 6.45) is 1.61. The first-order valence-corrected chi connectivity index (χ1v) is 3.84. The number of hydrogen-bond donors (Lipinski definition) is 0. The van der Waals surface area contributed by atoms with E-state index in [1.165, 1.54) is 0 Å². The molecule has 3 nitrogen and oxygen atoms in total. The van der Waals surface area contributed by atoms with Crippen molar-refractivity contribution >= 4 is 5.78 Å². The summed E-state index contributed by atoms with van der Waals surface area (Å²) in [4.78, 5) is 15.1. The Morgan fingerprint density at radius 1 is 1.58 bits per heavy atom. The fourth-order valence-electron chi connectivity index (χ4n) is 1.24. The van der Waals surface area contributed by atoms with Crippen molar-refractivity contribution in [3.8, 4) is 0 Å². The quantitative estimate of drug-likeness (QED) is 0.586. The molecule has 0 amide bonds. The van der Waals surface area contributed by atoms with E-state index in [0.29, 0.717) is 18.8 Å². The molecule has 3 heteroatoms. The van der Waals surface area contributed by atoms with Gasteiger partial charge in [0.05, 0.1) is 18.9 Å². The number of ether oxygens (including phenoxy) is 1. The molecule has 1 aromatic heterocycles. The molecule has 1 aliphatic rings. The van der Waals surface area contributed by atoms with Gasteiger partial charge >= 0.3 is 0 Å². The summed E-state index contributed by atoms with van der Waals surface area (Å²) in [6.45, 7) is 2.70. The average Bonchev–Trinajstić information content (AvgIpc) is 2.49. The van der Waals surface area contributed by atoms with E-state index in [1.807, 2.05) is 6.07 Å². The summed E-state index contributed by atoms with van der Waals surface area (Å²) in [5.41, 5.74) is 2.67. The number of ketones is 1. The third-order valence-electron chi connectivity index (χ3n) is 1.96. The van der Waals surface area contributed by atoms with E-state index in [4.69, 9.17) is 4.74 Å². The van der Waals surface area contributed by atoms with Crippen LogP contribution in [0, 0.1) is 0 Å². The number of rotatable bonds is 1. The summed E-state index contributed by atoms with van der Waals surface area (Å²) < 4.78 is 5.18. The number of nitrogens with zero attached hydrogens (tertiary/aromatic N) is 1. The molecule has 62 valence electrons. The summed E-state index contributed by atoms with van der Waals surface area (Å²) in [6, 6.07) is 1.86. The predicted octanol–water partition coefficient (Wildman–Crippen LogP) is 1.31. The molecule has 0 bridgehead atoms. The highest BCUT2D eigenvalue weighted by atomic mass is 16.5. The third-order valence-corrected chi connectivity index (χ3v) is 1.96. The minimum Gasteiger partial charge on any atom is -0.370 e. The lowest BCUT2D eigenvalue weighted by molar-refractivity contribution is 0.101. The Balaban J connectivity index is 2.45. The number of fused-ring (bicyclic) bond motifs is 1. The smallest absolute Gasteiger partial charge is 0.161 e. The van der Waals surface area contributed by atoms with E-state index in [9.17, 15) is 4.79 Å². The van der Waals surface area contributed by atoms with Crippen LogP contribution >= 0.6 is 0 Å². The lowest BCUT2D eigenvalue weighted by Gasteiger charge is -1.97. The van der Waals surface area contributed by atoms with Gasteiger partial charge in [0, 0.05) is 17.3 Å². The number of carbonyl (C=O) groups excluding carboxylic acids is 1. The number of aromatic nitrogens is 1. The van der Waals surface area contributed by atoms with Crippen LogP contribution in [0.15, 0.2) is 12.3 Å². The van der Waals surface area contributed by atoms with Crippen molar-refractivity contribution < 1.29 is 9.53 Å². The van der Waals surface area contributed by atoms with Gasteiger partial charge in [-0.2, -0.15) is 0 Å². The molecular formula is C9H9NO2. The third kappa shape index (κ3) is 1.12. The molecule has 1 aliphatic heterocycles. The van der Waals surface area contributed by atoms with Gasteiger partial charge in [-0.05, 0) is 13.0 Å². The molecule has 0 aromatic carbocycles. The van der Waals surface area contributed by atoms with Crippen LogP contribution in [-0.2, 0) is 18.0 Å². The normalized spacial score (nSPS) is 14.4. The van der Waals surface area contributed by atoms with E-state index >= 15 is 0 Å². The summed E-state index contributed by atoms with van der Waals surface area (Å²) in [5.74, 6) is 0.0530. The maximum Gasteiger partial charge on any atom is 0.161 e. The van der Waals surface area contributed by atoms with Crippen molar-refractivity contribution in [2.75, 3.05) is 0 Å². The fraction of sp³-hybridized carbons (Fsp3) is 0.333. The summed E-state index contributed by atoms with van der Waals surface area (Å²) in [7, 11) is 0. The van der Waals surface area contributed by atoms with Crippen LogP contribution in [0.5, 0.6) is 0 Å². The molecular weight excluding hydrogens is 154 g/mol. The monoisotopic (exact) mass is 163 g/mol. The van der Waals surface area contributed by atoms with Gasteiger partial charge in [-0.25, -0.2) is 0 Å². The molecule has 0 radical (unpaired) electrons. The largest absolute Gasteiger partial charge is 0.370 e. The molecule has 0 saturated heterocycles. The zero-order valence-corrected chi connectivity index (χ0v) is 6.83. The first kappa shape index (κ1) is 7.43. The van der Waals surface area contributed by atoms with Crippen LogP contribution in [-0.4, -0.2) is 10.8 Å². The SMILES string of the molecule is CC(=O)c1cnc2c(c1)COC2. The van der Waals surface area contributed by atoms with Gasteiger partial charge in [0.2, 0.25) is 0 Å². The average molecular weight is 163 g/mol. The number of hydrogen-bond acceptors (Lipinski definition) is 3. The molecule has 0 unspecified atom stereocenters. The Morgan fingerprint density at radius 3 is 3.17 bits per heavy atom. The number of Topliss-reactive ketones (excluding diaryl/α,β-unsaturated/α-hetero) is 1. The van der Waals surface area contributed by atoms with Crippen molar-refractivity contribution in [1.29, 1.82) is 0 Å². The van der Waals surface area contributed by atoms with E-state index < -0.39 is 0 Å². The van der Waals surface area contributed by atoms with Crippen molar-refractivity contribution in [3.63, 3.8) is 0 Å². The molecule has 12 heavy (non-hydrogen) atoms. The minimum atomic E-state index is 0.0530.